The maximum absolute atomic E-state index is 8.47. The molecule has 1 aliphatic heterocycles. The van der Waals surface area contributed by atoms with Crippen molar-refractivity contribution < 1.29 is 9.47 Å². The summed E-state index contributed by atoms with van der Waals surface area (Å²) in [6.07, 6.45) is 1.88. The van der Waals surface area contributed by atoms with Crippen LogP contribution in [0.5, 0.6) is 11.5 Å². The molecule has 5 nitrogen and oxygen atoms in total. The van der Waals surface area contributed by atoms with Gasteiger partial charge in [0.05, 0.1) is 37.7 Å². The van der Waals surface area contributed by atoms with Crippen LogP contribution in [0.25, 0.3) is 0 Å². The van der Waals surface area contributed by atoms with Crippen LogP contribution in [0, 0.1) is 11.3 Å². The van der Waals surface area contributed by atoms with E-state index in [9.17, 15) is 0 Å². The van der Waals surface area contributed by atoms with Gasteiger partial charge in [-0.05, 0) is 62.4 Å². The van der Waals surface area contributed by atoms with Gasteiger partial charge in [0.15, 0.2) is 0 Å². The van der Waals surface area contributed by atoms with Crippen molar-refractivity contribution in [2.45, 2.75) is 13.8 Å². The summed E-state index contributed by atoms with van der Waals surface area (Å²) in [4.78, 5) is 6.30. The van der Waals surface area contributed by atoms with Crippen LogP contribution in [0.1, 0.15) is 19.4 Å². The molecule has 2 aromatic carbocycles. The van der Waals surface area contributed by atoms with Crippen LogP contribution < -0.4 is 14.4 Å². The number of aliphatic imine (C=N–C) groups is 1. The maximum atomic E-state index is 8.47. The van der Waals surface area contributed by atoms with Crippen molar-refractivity contribution in [1.82, 2.24) is 0 Å². The zero-order valence-electron chi connectivity index (χ0n) is 14.7. The highest BCUT2D eigenvalue weighted by atomic mass is 16.5. The fourth-order valence-electron chi connectivity index (χ4n) is 2.27. The largest absolute Gasteiger partial charge is 0.494 e. The number of hydrogen-bond acceptors (Lipinski definition) is 5. The van der Waals surface area contributed by atoms with Gasteiger partial charge >= 0.3 is 0 Å². The molecule has 0 radical (unpaired) electrons. The molecule has 0 unspecified atom stereocenters. The minimum Gasteiger partial charge on any atom is -0.494 e. The van der Waals surface area contributed by atoms with Gasteiger partial charge in [0.2, 0.25) is 0 Å². The SMILES string of the molecule is CCOc1ccc(C#N)cc1.CCOc1ccc(N2C=NCC2)cc1. The lowest BCUT2D eigenvalue weighted by molar-refractivity contribution is 0.340. The minimum atomic E-state index is 0.659. The number of ether oxygens (including phenoxy) is 2. The molecule has 1 aliphatic rings. The van der Waals surface area contributed by atoms with Crippen LogP contribution in [0.2, 0.25) is 0 Å². The van der Waals surface area contributed by atoms with Gasteiger partial charge in [-0.15, -0.1) is 0 Å². The van der Waals surface area contributed by atoms with E-state index in [1.165, 1.54) is 5.69 Å². The highest BCUT2D eigenvalue weighted by molar-refractivity contribution is 5.80. The van der Waals surface area contributed by atoms with Crippen LogP contribution in [0.3, 0.4) is 0 Å². The summed E-state index contributed by atoms with van der Waals surface area (Å²) in [6, 6.07) is 17.2. The fraction of sp³-hybridized carbons (Fsp3) is 0.300. The van der Waals surface area contributed by atoms with E-state index >= 15 is 0 Å². The summed E-state index contributed by atoms with van der Waals surface area (Å²) in [6.45, 7) is 7.16. The third-order valence-corrected chi connectivity index (χ3v) is 3.46. The van der Waals surface area contributed by atoms with Crippen molar-refractivity contribution >= 4 is 12.0 Å². The molecule has 0 fully saturated rings. The third-order valence-electron chi connectivity index (χ3n) is 3.46. The fourth-order valence-corrected chi connectivity index (χ4v) is 2.27. The molecule has 25 heavy (non-hydrogen) atoms. The highest BCUT2D eigenvalue weighted by Gasteiger charge is 2.07. The molecule has 0 N–H and O–H groups in total. The summed E-state index contributed by atoms with van der Waals surface area (Å²) in [5.74, 6) is 1.74. The van der Waals surface area contributed by atoms with Crippen LogP contribution in [-0.2, 0) is 0 Å². The van der Waals surface area contributed by atoms with Crippen molar-refractivity contribution in [3.63, 3.8) is 0 Å². The predicted octanol–water partition coefficient (Wildman–Crippen LogP) is 3.89. The lowest BCUT2D eigenvalue weighted by Crippen LogP contribution is -2.17. The Labute approximate surface area is 149 Å². The zero-order chi connectivity index (χ0) is 17.9. The average Bonchev–Trinajstić information content (AvgIpc) is 3.19. The quantitative estimate of drug-likeness (QED) is 0.830. The van der Waals surface area contributed by atoms with Gasteiger partial charge in [-0.25, -0.2) is 0 Å². The molecular formula is C20H23N3O2. The van der Waals surface area contributed by atoms with E-state index in [0.717, 1.165) is 24.6 Å². The smallest absolute Gasteiger partial charge is 0.119 e. The Hall–Kier alpha value is -3.00. The predicted molar refractivity (Wildman–Crippen MR) is 101 cm³/mol. The average molecular weight is 337 g/mol. The Balaban J connectivity index is 0.000000186. The third kappa shape index (κ3) is 5.85. The molecule has 1 heterocycles. The molecule has 0 atom stereocenters. The number of rotatable bonds is 5. The highest BCUT2D eigenvalue weighted by Crippen LogP contribution is 2.19. The van der Waals surface area contributed by atoms with Gasteiger partial charge in [0.1, 0.15) is 11.5 Å². The normalized spacial score (nSPS) is 12.1. The molecule has 2 aromatic rings. The van der Waals surface area contributed by atoms with Crippen molar-refractivity contribution in [1.29, 1.82) is 5.26 Å². The summed E-state index contributed by atoms with van der Waals surface area (Å²) < 4.78 is 10.6. The van der Waals surface area contributed by atoms with E-state index in [1.54, 1.807) is 24.3 Å². The number of hydrogen-bond donors (Lipinski definition) is 0. The van der Waals surface area contributed by atoms with Gasteiger partial charge in [-0.1, -0.05) is 0 Å². The monoisotopic (exact) mass is 337 g/mol. The van der Waals surface area contributed by atoms with E-state index in [1.807, 2.05) is 38.4 Å². The van der Waals surface area contributed by atoms with Crippen LogP contribution in [-0.4, -0.2) is 32.6 Å². The van der Waals surface area contributed by atoms with E-state index in [0.29, 0.717) is 18.8 Å². The first kappa shape index (κ1) is 18.3. The van der Waals surface area contributed by atoms with Gasteiger partial charge in [-0.3, -0.25) is 4.99 Å². The van der Waals surface area contributed by atoms with E-state index in [4.69, 9.17) is 14.7 Å². The first-order valence-corrected chi connectivity index (χ1v) is 8.39. The molecule has 3 rings (SSSR count). The van der Waals surface area contributed by atoms with Gasteiger partial charge in [0, 0.05) is 12.2 Å². The summed E-state index contributed by atoms with van der Waals surface area (Å²) in [5, 5.41) is 8.47. The molecule has 0 amide bonds. The minimum absolute atomic E-state index is 0.659. The van der Waals surface area contributed by atoms with Crippen molar-refractivity contribution in [3.05, 3.63) is 54.1 Å². The van der Waals surface area contributed by atoms with Crippen molar-refractivity contribution in [2.75, 3.05) is 31.2 Å². The Morgan fingerprint density at radius 1 is 0.960 bits per heavy atom. The topological polar surface area (TPSA) is 57.9 Å². The second-order valence-corrected chi connectivity index (χ2v) is 5.21. The Bertz CT molecular complexity index is 703. The van der Waals surface area contributed by atoms with Crippen LogP contribution in [0.15, 0.2) is 53.5 Å². The molecule has 0 aliphatic carbocycles. The lowest BCUT2D eigenvalue weighted by atomic mass is 10.2. The van der Waals surface area contributed by atoms with Crippen LogP contribution >= 0.6 is 0 Å². The summed E-state index contributed by atoms with van der Waals surface area (Å²) in [5.41, 5.74) is 1.84. The number of benzene rings is 2. The number of nitriles is 1. The maximum Gasteiger partial charge on any atom is 0.119 e. The van der Waals surface area contributed by atoms with Crippen LogP contribution in [0.4, 0.5) is 5.69 Å². The molecular weight excluding hydrogens is 314 g/mol. The first-order valence-electron chi connectivity index (χ1n) is 8.39. The van der Waals surface area contributed by atoms with Gasteiger partial charge in [-0.2, -0.15) is 5.26 Å². The zero-order valence-corrected chi connectivity index (χ0v) is 14.7. The molecule has 0 bridgehead atoms. The Morgan fingerprint density at radius 3 is 1.96 bits per heavy atom. The lowest BCUT2D eigenvalue weighted by Gasteiger charge is -2.14. The van der Waals surface area contributed by atoms with Crippen molar-refractivity contribution in [3.8, 4) is 17.6 Å². The van der Waals surface area contributed by atoms with Crippen molar-refractivity contribution in [2.24, 2.45) is 4.99 Å². The van der Waals surface area contributed by atoms with Gasteiger partial charge in [0.25, 0.3) is 0 Å². The van der Waals surface area contributed by atoms with Gasteiger partial charge < -0.3 is 14.4 Å². The number of nitrogens with zero attached hydrogens (tertiary/aromatic N) is 3. The Morgan fingerprint density at radius 2 is 1.52 bits per heavy atom. The molecule has 0 saturated heterocycles. The molecule has 0 saturated carbocycles. The Kier molecular flexibility index (Phi) is 7.33. The molecule has 0 spiro atoms. The standard InChI is InChI=1S/C11H14N2O.C9H9NO/c1-2-14-11-5-3-10(4-6-11)13-8-7-12-9-13;1-2-11-9-5-3-8(7-10)4-6-9/h3-6,9H,2,7-8H2,1H3;3-6H,2H2,1H3. The second kappa shape index (κ2) is 9.99. The summed E-state index contributed by atoms with van der Waals surface area (Å²) in [7, 11) is 0. The number of anilines is 1. The molecule has 130 valence electrons. The van der Waals surface area contributed by atoms with E-state index < -0.39 is 0 Å². The molecule has 0 aromatic heterocycles. The summed E-state index contributed by atoms with van der Waals surface area (Å²) >= 11 is 0. The van der Waals surface area contributed by atoms with E-state index in [2.05, 4.69) is 22.0 Å². The second-order valence-electron chi connectivity index (χ2n) is 5.21. The molecule has 5 heteroatoms. The van der Waals surface area contributed by atoms with E-state index in [-0.39, 0.29) is 0 Å². The first-order chi connectivity index (χ1) is 12.3.